The first-order valence-corrected chi connectivity index (χ1v) is 4.25. The topological polar surface area (TPSA) is 33.1 Å². The van der Waals surface area contributed by atoms with Crippen molar-refractivity contribution in [2.75, 3.05) is 0 Å². The van der Waals surface area contributed by atoms with Gasteiger partial charge in [-0.05, 0) is 30.0 Å². The molecule has 1 atom stereocenters. The van der Waals surface area contributed by atoms with E-state index in [2.05, 4.69) is 4.98 Å². The Morgan fingerprint density at radius 3 is 2.92 bits per heavy atom. The predicted octanol–water partition coefficient (Wildman–Crippen LogP) is 1.76. The highest BCUT2D eigenvalue weighted by atomic mass is 19.1. The lowest BCUT2D eigenvalue weighted by Gasteiger charge is -1.99. The molecule has 13 heavy (non-hydrogen) atoms. The third-order valence-electron chi connectivity index (χ3n) is 2.18. The monoisotopic (exact) mass is 179 g/mol. The van der Waals surface area contributed by atoms with E-state index in [9.17, 15) is 9.50 Å². The lowest BCUT2D eigenvalue weighted by Crippen LogP contribution is -1.93. The summed E-state index contributed by atoms with van der Waals surface area (Å²) >= 11 is 0. The minimum absolute atomic E-state index is 0.334. The van der Waals surface area contributed by atoms with Crippen molar-refractivity contribution in [3.63, 3.8) is 0 Å². The molecule has 0 saturated heterocycles. The van der Waals surface area contributed by atoms with Gasteiger partial charge in [0.2, 0.25) is 0 Å². The fourth-order valence-electron chi connectivity index (χ4n) is 1.53. The second-order valence-electron chi connectivity index (χ2n) is 3.19. The minimum atomic E-state index is -0.377. The van der Waals surface area contributed by atoms with Gasteiger partial charge in [-0.1, -0.05) is 6.08 Å². The molecule has 1 heterocycles. The lowest BCUT2D eigenvalue weighted by atomic mass is 10.1. The molecule has 2 rings (SSSR count). The average molecular weight is 179 g/mol. The summed E-state index contributed by atoms with van der Waals surface area (Å²) in [5, 5.41) is 9.24. The average Bonchev–Trinajstić information content (AvgIpc) is 2.52. The van der Waals surface area contributed by atoms with Crippen molar-refractivity contribution in [2.45, 2.75) is 18.9 Å². The van der Waals surface area contributed by atoms with Gasteiger partial charge < -0.3 is 5.11 Å². The SMILES string of the molecule is OC1C=C(c2cncc(F)c2)CC1. The molecule has 1 aromatic rings. The van der Waals surface area contributed by atoms with E-state index in [4.69, 9.17) is 0 Å². The van der Waals surface area contributed by atoms with Crippen molar-refractivity contribution in [2.24, 2.45) is 0 Å². The molecule has 1 N–H and O–H groups in total. The van der Waals surface area contributed by atoms with Gasteiger partial charge in [-0.2, -0.15) is 0 Å². The maximum absolute atomic E-state index is 12.8. The first-order valence-electron chi connectivity index (χ1n) is 4.25. The molecule has 0 amide bonds. The van der Waals surface area contributed by atoms with Crippen molar-refractivity contribution in [1.82, 2.24) is 4.98 Å². The fourth-order valence-corrected chi connectivity index (χ4v) is 1.53. The first kappa shape index (κ1) is 8.38. The number of hydrogen-bond acceptors (Lipinski definition) is 2. The molecule has 3 heteroatoms. The van der Waals surface area contributed by atoms with E-state index in [0.717, 1.165) is 24.0 Å². The smallest absolute Gasteiger partial charge is 0.142 e. The number of hydrogen-bond donors (Lipinski definition) is 1. The predicted molar refractivity (Wildman–Crippen MR) is 47.4 cm³/mol. The first-order chi connectivity index (χ1) is 6.25. The Hall–Kier alpha value is -1.22. The number of aliphatic hydroxyl groups excluding tert-OH is 1. The Morgan fingerprint density at radius 1 is 1.46 bits per heavy atom. The van der Waals surface area contributed by atoms with Crippen LogP contribution >= 0.6 is 0 Å². The van der Waals surface area contributed by atoms with Crippen molar-refractivity contribution in [3.05, 3.63) is 35.9 Å². The van der Waals surface area contributed by atoms with Crippen LogP contribution in [0.5, 0.6) is 0 Å². The van der Waals surface area contributed by atoms with Gasteiger partial charge in [0, 0.05) is 6.20 Å². The Labute approximate surface area is 75.7 Å². The highest BCUT2D eigenvalue weighted by molar-refractivity contribution is 5.67. The normalized spacial score (nSPS) is 21.7. The van der Waals surface area contributed by atoms with Crippen LogP contribution in [0.1, 0.15) is 18.4 Å². The molecule has 1 aliphatic carbocycles. The van der Waals surface area contributed by atoms with Crippen LogP contribution in [0.4, 0.5) is 4.39 Å². The number of allylic oxidation sites excluding steroid dienone is 1. The van der Waals surface area contributed by atoms with E-state index in [1.165, 1.54) is 12.3 Å². The van der Waals surface area contributed by atoms with E-state index < -0.39 is 0 Å². The molecule has 0 aromatic carbocycles. The summed E-state index contributed by atoms with van der Waals surface area (Å²) in [6, 6.07) is 1.44. The Bertz CT molecular complexity index is 349. The van der Waals surface area contributed by atoms with Gasteiger partial charge >= 0.3 is 0 Å². The zero-order chi connectivity index (χ0) is 9.26. The Balaban J connectivity index is 2.31. The zero-order valence-corrected chi connectivity index (χ0v) is 7.07. The summed E-state index contributed by atoms with van der Waals surface area (Å²) in [5.41, 5.74) is 1.76. The van der Waals surface area contributed by atoms with Gasteiger partial charge in [-0.25, -0.2) is 4.39 Å². The zero-order valence-electron chi connectivity index (χ0n) is 7.07. The largest absolute Gasteiger partial charge is 0.389 e. The highest BCUT2D eigenvalue weighted by Gasteiger charge is 2.14. The van der Waals surface area contributed by atoms with E-state index in [-0.39, 0.29) is 11.9 Å². The molecule has 0 bridgehead atoms. The van der Waals surface area contributed by atoms with E-state index >= 15 is 0 Å². The summed E-state index contributed by atoms with van der Waals surface area (Å²) < 4.78 is 12.8. The van der Waals surface area contributed by atoms with Gasteiger partial charge in [-0.3, -0.25) is 4.98 Å². The van der Waals surface area contributed by atoms with Crippen LogP contribution in [0, 0.1) is 5.82 Å². The molecule has 0 radical (unpaired) electrons. The van der Waals surface area contributed by atoms with Gasteiger partial charge in [0.1, 0.15) is 5.82 Å². The molecule has 0 fully saturated rings. The van der Waals surface area contributed by atoms with Crippen LogP contribution in [-0.4, -0.2) is 16.2 Å². The Morgan fingerprint density at radius 2 is 2.31 bits per heavy atom. The second-order valence-corrected chi connectivity index (χ2v) is 3.19. The molecule has 1 aromatic heterocycles. The van der Waals surface area contributed by atoms with Gasteiger partial charge in [0.05, 0.1) is 12.3 Å². The third kappa shape index (κ3) is 1.75. The van der Waals surface area contributed by atoms with Crippen LogP contribution < -0.4 is 0 Å². The summed E-state index contributed by atoms with van der Waals surface area (Å²) in [6.45, 7) is 0. The maximum Gasteiger partial charge on any atom is 0.142 e. The molecule has 68 valence electrons. The summed E-state index contributed by atoms with van der Waals surface area (Å²) in [7, 11) is 0. The highest BCUT2D eigenvalue weighted by Crippen LogP contribution is 2.27. The van der Waals surface area contributed by atoms with Crippen molar-refractivity contribution >= 4 is 5.57 Å². The number of aromatic nitrogens is 1. The van der Waals surface area contributed by atoms with E-state index in [0.29, 0.717) is 0 Å². The molecular weight excluding hydrogens is 169 g/mol. The molecule has 1 unspecified atom stereocenters. The third-order valence-corrected chi connectivity index (χ3v) is 2.18. The number of pyridine rings is 1. The summed E-state index contributed by atoms with van der Waals surface area (Å²) in [5.74, 6) is -0.334. The minimum Gasteiger partial charge on any atom is -0.389 e. The van der Waals surface area contributed by atoms with Crippen LogP contribution in [-0.2, 0) is 0 Å². The number of nitrogens with zero attached hydrogens (tertiary/aromatic N) is 1. The number of aliphatic hydroxyl groups is 1. The quantitative estimate of drug-likeness (QED) is 0.712. The van der Waals surface area contributed by atoms with Gasteiger partial charge in [0.25, 0.3) is 0 Å². The van der Waals surface area contributed by atoms with E-state index in [1.54, 1.807) is 12.3 Å². The number of rotatable bonds is 1. The van der Waals surface area contributed by atoms with Crippen LogP contribution in [0.15, 0.2) is 24.5 Å². The standard InChI is InChI=1S/C10H10FNO/c11-9-3-8(5-12-6-9)7-1-2-10(13)4-7/h3-6,10,13H,1-2H2. The fraction of sp³-hybridized carbons (Fsp3) is 0.300. The molecule has 0 aliphatic heterocycles. The second kappa shape index (κ2) is 3.26. The van der Waals surface area contributed by atoms with Gasteiger partial charge in [-0.15, -0.1) is 0 Å². The molecule has 2 nitrogen and oxygen atoms in total. The summed E-state index contributed by atoms with van der Waals surface area (Å²) in [4.78, 5) is 3.76. The van der Waals surface area contributed by atoms with Crippen molar-refractivity contribution in [1.29, 1.82) is 0 Å². The molecule has 0 saturated carbocycles. The van der Waals surface area contributed by atoms with Crippen LogP contribution in [0.2, 0.25) is 0 Å². The number of halogens is 1. The summed E-state index contributed by atoms with van der Waals surface area (Å²) in [6.07, 6.45) is 5.70. The van der Waals surface area contributed by atoms with Gasteiger partial charge in [0.15, 0.2) is 0 Å². The maximum atomic E-state index is 12.8. The van der Waals surface area contributed by atoms with Crippen molar-refractivity contribution < 1.29 is 9.50 Å². The molecule has 1 aliphatic rings. The van der Waals surface area contributed by atoms with Crippen LogP contribution in [0.25, 0.3) is 5.57 Å². The molecule has 0 spiro atoms. The van der Waals surface area contributed by atoms with Crippen molar-refractivity contribution in [3.8, 4) is 0 Å². The lowest BCUT2D eigenvalue weighted by molar-refractivity contribution is 0.223. The molecular formula is C10H10FNO. The van der Waals surface area contributed by atoms with Crippen LogP contribution in [0.3, 0.4) is 0 Å². The van der Waals surface area contributed by atoms with E-state index in [1.807, 2.05) is 0 Å². The Kier molecular flexibility index (Phi) is 2.10.